The number of benzene rings is 4. The van der Waals surface area contributed by atoms with E-state index in [1.807, 2.05) is 16.7 Å². The number of halogens is 2. The molecule has 12 bridgehead atoms. The van der Waals surface area contributed by atoms with Gasteiger partial charge in [-0.3, -0.25) is 57.5 Å². The number of hydrogen-bond donors (Lipinski definition) is 9. The van der Waals surface area contributed by atoms with Crippen LogP contribution in [-0.2, 0) is 108 Å². The number of amides is 10. The molecule has 112 heavy (non-hydrogen) atoms. The van der Waals surface area contributed by atoms with Crippen LogP contribution in [0.5, 0.6) is 11.5 Å². The van der Waals surface area contributed by atoms with Crippen LogP contribution in [0.15, 0.2) is 91.1 Å². The van der Waals surface area contributed by atoms with Crippen molar-refractivity contribution in [3.63, 3.8) is 0 Å². The number of methoxy groups -OCH3 is 1. The van der Waals surface area contributed by atoms with E-state index in [2.05, 4.69) is 63.7 Å². The molecular weight excluding hydrogens is 1460 g/mol. The predicted molar refractivity (Wildman–Crippen MR) is 408 cm³/mol. The van der Waals surface area contributed by atoms with Crippen molar-refractivity contribution in [3.8, 4) is 11.5 Å². The van der Waals surface area contributed by atoms with Crippen LogP contribution in [0, 0.1) is 11.7 Å². The zero-order valence-corrected chi connectivity index (χ0v) is 65.8. The van der Waals surface area contributed by atoms with Crippen LogP contribution < -0.4 is 64.4 Å². The summed E-state index contributed by atoms with van der Waals surface area (Å²) in [6, 6.07) is 14.0. The molecule has 0 spiro atoms. The van der Waals surface area contributed by atoms with Crippen LogP contribution >= 0.6 is 0 Å². The minimum Gasteiger partial charge on any atom is -1.00 e. The lowest BCUT2D eigenvalue weighted by Crippen LogP contribution is -3.00. The number of carbonyl (C=O) groups is 12. The SMILES string of the molecule is COc1ccc(C[C@@H]2NC(=O)[C@H]([C@@H](C)O)NC(=O)[C@@H]3[C@@H]4CCN3C(=O)[C@H]3CC(=O)[C@H](Cc5cccc(c5)CNC(=O)CO4)NC(=O)[C@@H](CCC(=O)CCCCC[N+](C)(C)C)NC(=O)[C@H](C)NC(=O)CCC(=O)NCc4cc(cc(c4)OCCCCn4cc(c5cc(F)ccc54)C3)CCNC(=O)[C@]3(C)CCCN3C2=O)cc1.[Cl-]. The van der Waals surface area contributed by atoms with Gasteiger partial charge in [0, 0.05) is 101 Å². The maximum Gasteiger partial charge on any atom is 0.246 e. The molecule has 10 atom stereocenters. The third kappa shape index (κ3) is 23.4. The number of hydrogen-bond acceptors (Lipinski definition) is 16. The van der Waals surface area contributed by atoms with Gasteiger partial charge in [0.1, 0.15) is 65.5 Å². The van der Waals surface area contributed by atoms with Crippen molar-refractivity contribution >= 4 is 81.5 Å². The van der Waals surface area contributed by atoms with E-state index in [0.29, 0.717) is 88.0 Å². The second-order valence-corrected chi connectivity index (χ2v) is 31.3. The van der Waals surface area contributed by atoms with Crippen molar-refractivity contribution in [2.24, 2.45) is 5.92 Å². The van der Waals surface area contributed by atoms with Crippen LogP contribution in [0.25, 0.3) is 10.9 Å². The van der Waals surface area contributed by atoms with E-state index in [9.17, 15) is 33.9 Å². The van der Waals surface area contributed by atoms with Gasteiger partial charge in [0.2, 0.25) is 59.1 Å². The van der Waals surface area contributed by atoms with E-state index < -0.39 is 144 Å². The van der Waals surface area contributed by atoms with Gasteiger partial charge in [-0.1, -0.05) is 42.5 Å². The highest BCUT2D eigenvalue weighted by Gasteiger charge is 2.50. The van der Waals surface area contributed by atoms with Crippen LogP contribution in [0.4, 0.5) is 4.39 Å². The Morgan fingerprint density at radius 2 is 1.42 bits per heavy atom. The van der Waals surface area contributed by atoms with Crippen molar-refractivity contribution in [1.82, 2.24) is 56.9 Å². The van der Waals surface area contributed by atoms with Crippen LogP contribution in [0.3, 0.4) is 0 Å². The molecular formula is C82H108ClFN12O16. The number of quaternary nitrogens is 1. The summed E-state index contributed by atoms with van der Waals surface area (Å²) in [4.78, 5) is 180. The lowest BCUT2D eigenvalue weighted by Gasteiger charge is -2.37. The average Bonchev–Trinajstić information content (AvgIpc) is 1.55. The van der Waals surface area contributed by atoms with E-state index in [1.54, 1.807) is 73.8 Å². The summed E-state index contributed by atoms with van der Waals surface area (Å²) in [6.45, 7) is 5.02. The molecule has 2 saturated heterocycles. The summed E-state index contributed by atoms with van der Waals surface area (Å²) >= 11 is 0. The highest BCUT2D eigenvalue weighted by atomic mass is 35.5. The molecule has 606 valence electrons. The molecule has 2 fully saturated rings. The summed E-state index contributed by atoms with van der Waals surface area (Å²) in [6.07, 6.45) is 0.741. The van der Waals surface area contributed by atoms with Gasteiger partial charge in [-0.2, -0.15) is 0 Å². The normalized spacial score (nSPS) is 24.6. The smallest absolute Gasteiger partial charge is 0.246 e. The van der Waals surface area contributed by atoms with E-state index in [-0.39, 0.29) is 128 Å². The molecule has 0 unspecified atom stereocenters. The molecule has 9 N–H and O–H groups in total. The number of aliphatic hydroxyl groups excluding tert-OH is 1. The van der Waals surface area contributed by atoms with Gasteiger partial charge in [-0.05, 0) is 174 Å². The molecule has 10 rings (SSSR count). The summed E-state index contributed by atoms with van der Waals surface area (Å²) in [5, 5.41) is 34.5. The first-order chi connectivity index (χ1) is 53.0. The number of nitrogens with zero attached hydrogens (tertiary/aromatic N) is 4. The first kappa shape index (κ1) is 86.1. The summed E-state index contributed by atoms with van der Waals surface area (Å²) < 4.78 is 36.7. The fraction of sp³-hybridized carbons (Fsp3) is 0.537. The molecule has 30 heteroatoms. The number of Topliss-reactive ketones (excluding diaryl/α,β-unsaturated/α-hetero) is 2. The van der Waals surface area contributed by atoms with E-state index in [4.69, 9.17) is 14.2 Å². The highest BCUT2D eigenvalue weighted by molar-refractivity contribution is 6.00. The Balaban J connectivity index is 0.0000144. The molecule has 0 saturated carbocycles. The van der Waals surface area contributed by atoms with Gasteiger partial charge >= 0.3 is 0 Å². The molecule has 0 radical (unpaired) electrons. The maximum atomic E-state index is 16.3. The Hall–Kier alpha value is -9.84. The van der Waals surface area contributed by atoms with Gasteiger partial charge in [-0.25, -0.2) is 4.39 Å². The molecule has 5 aliphatic rings. The number of carbonyl (C=O) groups excluding carboxylic acids is 12. The van der Waals surface area contributed by atoms with Gasteiger partial charge in [-0.15, -0.1) is 0 Å². The van der Waals surface area contributed by atoms with Crippen molar-refractivity contribution in [2.45, 2.75) is 210 Å². The van der Waals surface area contributed by atoms with Gasteiger partial charge in [0.15, 0.2) is 5.78 Å². The predicted octanol–water partition coefficient (Wildman–Crippen LogP) is 0.775. The zero-order chi connectivity index (χ0) is 79.7. The van der Waals surface area contributed by atoms with Gasteiger partial charge in [0.25, 0.3) is 0 Å². The van der Waals surface area contributed by atoms with Gasteiger partial charge < -0.3 is 93.1 Å². The summed E-state index contributed by atoms with van der Waals surface area (Å²) in [5.41, 5.74) is 2.53. The van der Waals surface area contributed by atoms with E-state index in [1.165, 1.54) is 42.9 Å². The van der Waals surface area contributed by atoms with Crippen molar-refractivity contribution < 1.29 is 98.1 Å². The van der Waals surface area contributed by atoms with Crippen molar-refractivity contribution in [3.05, 3.63) is 130 Å². The molecule has 28 nitrogen and oxygen atoms in total. The van der Waals surface area contributed by atoms with E-state index >= 15 is 33.2 Å². The fourth-order valence-electron chi connectivity index (χ4n) is 15.3. The fourth-order valence-corrected chi connectivity index (χ4v) is 15.3. The Morgan fingerprint density at radius 3 is 2.18 bits per heavy atom. The molecule has 5 aromatic rings. The lowest BCUT2D eigenvalue weighted by atomic mass is 9.88. The number of rotatable bonds is 13. The molecule has 1 aromatic heterocycles. The second-order valence-electron chi connectivity index (χ2n) is 31.3. The monoisotopic (exact) mass is 1570 g/mol. The number of aryl methyl sites for hydroxylation is 1. The van der Waals surface area contributed by atoms with Crippen LogP contribution in [0.1, 0.15) is 144 Å². The quantitative estimate of drug-likeness (QED) is 0.0581. The number of aromatic nitrogens is 1. The highest BCUT2D eigenvalue weighted by Crippen LogP contribution is 2.34. The maximum absolute atomic E-state index is 16.3. The Labute approximate surface area is 658 Å². The largest absolute Gasteiger partial charge is 1.00 e. The van der Waals surface area contributed by atoms with Crippen LogP contribution in [-0.4, -0.2) is 216 Å². The molecule has 10 amide bonds. The number of aliphatic hydroxyl groups is 1. The molecule has 4 aromatic carbocycles. The van der Waals surface area contributed by atoms with E-state index in [0.717, 1.165) is 23.9 Å². The van der Waals surface area contributed by atoms with Gasteiger partial charge in [0.05, 0.1) is 59.7 Å². The average molecular weight is 1570 g/mol. The summed E-state index contributed by atoms with van der Waals surface area (Å²) in [7, 11) is 7.72. The number of ketones is 2. The number of unbranched alkanes of at least 4 members (excludes halogenated alkanes) is 2. The standard InChI is InChI=1S/C82H107FN12O16.ClH/c1-50-75(102)88-64(24-21-60(97)17-9-8-11-35-95(4,5)6)76(103)89-65-42-53-15-13-16-55(37-53)46-86-72(101)49-111-69-29-34-93-74(69)78(105)91-73(51(2)96)77(104)90-66(41-52-18-22-61(109-7)23-19-52)80(107)94-33-14-30-82(94,3)81(108)84-31-28-54-38-56(47-85-70(99)26-27-71(100)87-50)40-62(39-54)110-36-12-10-32-92-48-58(43-57(79(93)106)44-68(65)98)63-45-59(83)20-25-67(63)92;/h13,15-16,18-20,22-23,25,37-40,45,48,50-51,57,64-66,69,73-74,96H,8-12,14,17,21,24,26-36,41-44,46-47,49H2,1-7H3,(H7-,84,85,86,87,88,89,90,91,99,100,101,102,103,104,105,108);1H/t50-,51+,57+,64+,65-,66-,69-,73-,74-,82-;/m0./s1. The topological polar surface area (TPSA) is 360 Å². The second kappa shape index (κ2) is 39.6. The lowest BCUT2D eigenvalue weighted by molar-refractivity contribution is -0.870. The Morgan fingerprint density at radius 1 is 0.696 bits per heavy atom. The number of nitrogens with one attached hydrogen (secondary N) is 8. The zero-order valence-electron chi connectivity index (χ0n) is 65.1. The Kier molecular flexibility index (Phi) is 30.4. The Bertz CT molecular complexity index is 4240. The molecule has 0 aliphatic carbocycles. The minimum absolute atomic E-state index is 0. The summed E-state index contributed by atoms with van der Waals surface area (Å²) in [5.74, 6) is -9.44. The molecule has 6 heterocycles. The molecule has 5 aliphatic heterocycles. The van der Waals surface area contributed by atoms with Crippen molar-refractivity contribution in [1.29, 1.82) is 0 Å². The minimum atomic E-state index is -1.84. The third-order valence-electron chi connectivity index (χ3n) is 21.6. The first-order valence-corrected chi connectivity index (χ1v) is 38.8. The third-order valence-corrected chi connectivity index (χ3v) is 21.6. The number of fused-ring (bicyclic) bond motifs is 12. The van der Waals surface area contributed by atoms with Crippen molar-refractivity contribution in [2.75, 3.05) is 67.6 Å². The van der Waals surface area contributed by atoms with Crippen LogP contribution in [0.2, 0.25) is 0 Å². The first-order valence-electron chi connectivity index (χ1n) is 38.8. The number of ether oxygens (including phenoxy) is 3.